The van der Waals surface area contributed by atoms with E-state index in [2.05, 4.69) is 9.47 Å². The average molecular weight is 221 g/mol. The Balaban J connectivity index is 2.58. The summed E-state index contributed by atoms with van der Waals surface area (Å²) in [6.45, 7) is -0.554. The van der Waals surface area contributed by atoms with Crippen LogP contribution < -0.4 is 0 Å². The van der Waals surface area contributed by atoms with Crippen molar-refractivity contribution in [3.63, 3.8) is 0 Å². The Morgan fingerprint density at radius 2 is 2.27 bits per heavy atom. The molecule has 1 fully saturated rings. The van der Waals surface area contributed by atoms with Crippen molar-refractivity contribution >= 4 is 12.1 Å². The fourth-order valence-corrected chi connectivity index (χ4v) is 1.43. The predicted octanol–water partition coefficient (Wildman–Crippen LogP) is 0.224. The van der Waals surface area contributed by atoms with E-state index in [-0.39, 0.29) is 19.8 Å². The summed E-state index contributed by atoms with van der Waals surface area (Å²) in [5.74, 6) is -0.778. The number of amides is 1. The van der Waals surface area contributed by atoms with E-state index in [0.29, 0.717) is 0 Å². The molecule has 0 radical (unpaired) electrons. The Morgan fingerprint density at radius 3 is 2.80 bits per heavy atom. The van der Waals surface area contributed by atoms with Crippen LogP contribution in [-0.4, -0.2) is 54.7 Å². The summed E-state index contributed by atoms with van der Waals surface area (Å²) in [7, 11) is 1.33. The van der Waals surface area contributed by atoms with Crippen LogP contribution in [0.15, 0.2) is 0 Å². The van der Waals surface area contributed by atoms with Crippen molar-refractivity contribution in [1.29, 1.82) is 0 Å². The van der Waals surface area contributed by atoms with Crippen molar-refractivity contribution in [2.24, 2.45) is 0 Å². The smallest absolute Gasteiger partial charge is 0.408 e. The van der Waals surface area contributed by atoms with Crippen molar-refractivity contribution in [3.05, 3.63) is 0 Å². The number of methoxy groups -OCH3 is 1. The van der Waals surface area contributed by atoms with Gasteiger partial charge in [-0.3, -0.25) is 4.90 Å². The lowest BCUT2D eigenvalue weighted by Gasteiger charge is -2.18. The van der Waals surface area contributed by atoms with Crippen LogP contribution in [-0.2, 0) is 14.3 Å². The molecular formula is C8H12FNO5. The van der Waals surface area contributed by atoms with Crippen LogP contribution in [0.3, 0.4) is 0 Å². The summed E-state index contributed by atoms with van der Waals surface area (Å²) in [4.78, 5) is 22.7. The lowest BCUT2D eigenvalue weighted by Crippen LogP contribution is -2.40. The highest BCUT2D eigenvalue weighted by molar-refractivity contribution is 5.81. The minimum Gasteiger partial charge on any atom is -0.465 e. The second-order valence-corrected chi connectivity index (χ2v) is 3.15. The van der Waals surface area contributed by atoms with E-state index in [4.69, 9.17) is 5.11 Å². The number of likely N-dealkylation sites (tertiary alicyclic amines) is 1. The highest BCUT2D eigenvalue weighted by Gasteiger charge is 2.40. The van der Waals surface area contributed by atoms with Crippen LogP contribution in [0, 0.1) is 0 Å². The summed E-state index contributed by atoms with van der Waals surface area (Å²) < 4.78 is 22.0. The number of rotatable bonds is 3. The van der Waals surface area contributed by atoms with Gasteiger partial charge in [-0.2, -0.15) is 0 Å². The largest absolute Gasteiger partial charge is 0.465 e. The number of alkyl halides is 1. The minimum absolute atomic E-state index is 0.158. The van der Waals surface area contributed by atoms with E-state index in [1.165, 1.54) is 7.11 Å². The van der Waals surface area contributed by atoms with Crippen LogP contribution in [0.2, 0.25) is 0 Å². The van der Waals surface area contributed by atoms with Crippen LogP contribution in [0.1, 0.15) is 6.42 Å². The van der Waals surface area contributed by atoms with Gasteiger partial charge in [0.25, 0.3) is 0 Å². The van der Waals surface area contributed by atoms with E-state index in [0.717, 1.165) is 4.90 Å². The maximum absolute atomic E-state index is 12.9. The van der Waals surface area contributed by atoms with Crippen LogP contribution in [0.4, 0.5) is 9.18 Å². The molecule has 15 heavy (non-hydrogen) atoms. The number of esters is 1. The molecule has 1 aliphatic heterocycles. The van der Waals surface area contributed by atoms with Gasteiger partial charge in [-0.25, -0.2) is 14.0 Å². The van der Waals surface area contributed by atoms with Gasteiger partial charge in [0, 0.05) is 13.5 Å². The summed E-state index contributed by atoms with van der Waals surface area (Å²) >= 11 is 0. The van der Waals surface area contributed by atoms with Crippen molar-refractivity contribution in [1.82, 2.24) is 4.90 Å². The quantitative estimate of drug-likeness (QED) is 0.545. The topological polar surface area (TPSA) is 76.1 Å². The van der Waals surface area contributed by atoms with Gasteiger partial charge in [0.05, 0.1) is 6.54 Å². The second kappa shape index (κ2) is 4.92. The number of nitrogens with zero attached hydrogens (tertiary/aromatic N) is 1. The molecule has 86 valence electrons. The Morgan fingerprint density at radius 1 is 1.60 bits per heavy atom. The van der Waals surface area contributed by atoms with E-state index in [1.807, 2.05) is 0 Å². The monoisotopic (exact) mass is 221 g/mol. The molecule has 0 aromatic heterocycles. The molecule has 1 heterocycles. The molecule has 0 aliphatic carbocycles. The van der Waals surface area contributed by atoms with Gasteiger partial charge in [0.15, 0.2) is 6.79 Å². The van der Waals surface area contributed by atoms with Crippen molar-refractivity contribution in [2.75, 3.05) is 20.4 Å². The molecule has 1 saturated heterocycles. The van der Waals surface area contributed by atoms with Gasteiger partial charge in [-0.05, 0) is 0 Å². The molecule has 1 rings (SSSR count). The van der Waals surface area contributed by atoms with E-state index >= 15 is 0 Å². The van der Waals surface area contributed by atoms with Crippen molar-refractivity contribution in [2.45, 2.75) is 18.6 Å². The van der Waals surface area contributed by atoms with Gasteiger partial charge in [0.1, 0.15) is 12.2 Å². The number of ether oxygens (including phenoxy) is 2. The van der Waals surface area contributed by atoms with Gasteiger partial charge in [0.2, 0.25) is 0 Å². The number of hydrogen-bond acceptors (Lipinski definition) is 4. The lowest BCUT2D eigenvalue weighted by molar-refractivity contribution is -0.158. The summed E-state index contributed by atoms with van der Waals surface area (Å²) in [6, 6.07) is -1.06. The zero-order valence-corrected chi connectivity index (χ0v) is 8.18. The minimum atomic E-state index is -1.32. The lowest BCUT2D eigenvalue weighted by atomic mass is 10.2. The first-order chi connectivity index (χ1) is 7.06. The van der Waals surface area contributed by atoms with Gasteiger partial charge < -0.3 is 14.6 Å². The van der Waals surface area contributed by atoms with Crippen LogP contribution in [0.25, 0.3) is 0 Å². The zero-order valence-electron chi connectivity index (χ0n) is 8.18. The maximum Gasteiger partial charge on any atom is 0.408 e. The number of hydrogen-bond donors (Lipinski definition) is 1. The molecule has 0 aromatic rings. The van der Waals surface area contributed by atoms with Crippen LogP contribution in [0.5, 0.6) is 0 Å². The first-order valence-corrected chi connectivity index (χ1v) is 4.35. The molecule has 0 bridgehead atoms. The molecule has 0 aromatic carbocycles. The highest BCUT2D eigenvalue weighted by atomic mass is 19.1. The van der Waals surface area contributed by atoms with Crippen LogP contribution >= 0.6 is 0 Å². The van der Waals surface area contributed by atoms with Gasteiger partial charge in [-0.15, -0.1) is 0 Å². The number of carboxylic acid groups (broad SMARTS) is 1. The molecule has 0 spiro atoms. The molecule has 6 nitrogen and oxygen atoms in total. The average Bonchev–Trinajstić information content (AvgIpc) is 2.57. The normalized spacial score (nSPS) is 25.3. The summed E-state index contributed by atoms with van der Waals surface area (Å²) in [6.07, 6.45) is -2.80. The van der Waals surface area contributed by atoms with E-state index in [1.54, 1.807) is 0 Å². The number of carbonyl (C=O) groups excluding carboxylic acids is 1. The third kappa shape index (κ3) is 2.79. The number of halogens is 1. The highest BCUT2D eigenvalue weighted by Crippen LogP contribution is 2.21. The Hall–Kier alpha value is -1.37. The number of carbonyl (C=O) groups is 2. The third-order valence-corrected chi connectivity index (χ3v) is 2.09. The summed E-state index contributed by atoms with van der Waals surface area (Å²) in [5.41, 5.74) is 0. The fourth-order valence-electron chi connectivity index (χ4n) is 1.43. The Labute approximate surface area is 85.6 Å². The maximum atomic E-state index is 12.9. The van der Waals surface area contributed by atoms with Crippen molar-refractivity contribution < 1.29 is 28.6 Å². The molecule has 0 saturated carbocycles. The van der Waals surface area contributed by atoms with E-state index < -0.39 is 24.3 Å². The summed E-state index contributed by atoms with van der Waals surface area (Å²) in [5, 5.41) is 8.70. The predicted molar refractivity (Wildman–Crippen MR) is 46.0 cm³/mol. The Kier molecular flexibility index (Phi) is 3.84. The molecule has 7 heteroatoms. The third-order valence-electron chi connectivity index (χ3n) is 2.09. The molecule has 1 amide bonds. The Bertz CT molecular complexity index is 259. The van der Waals surface area contributed by atoms with E-state index in [9.17, 15) is 14.0 Å². The van der Waals surface area contributed by atoms with Crippen molar-refractivity contribution in [3.8, 4) is 0 Å². The van der Waals surface area contributed by atoms with Gasteiger partial charge >= 0.3 is 12.1 Å². The first-order valence-electron chi connectivity index (χ1n) is 4.35. The second-order valence-electron chi connectivity index (χ2n) is 3.15. The molecule has 1 aliphatic rings. The molecule has 1 N–H and O–H groups in total. The zero-order chi connectivity index (χ0) is 11.4. The fraction of sp³-hybridized carbons (Fsp3) is 0.750. The van der Waals surface area contributed by atoms with Gasteiger partial charge in [-0.1, -0.05) is 0 Å². The first kappa shape index (κ1) is 11.7. The molecule has 2 atom stereocenters. The SMILES string of the molecule is COCOC(=O)[C@H]1C[C@@H](F)CN1C(=O)O. The molecule has 0 unspecified atom stereocenters. The standard InChI is InChI=1S/C8H12FNO5/c1-14-4-15-7(11)6-2-5(9)3-10(6)8(12)13/h5-6H,2-4H2,1H3,(H,12,13)/t5-,6-/m1/s1. The molecular weight excluding hydrogens is 209 g/mol.